The Balaban J connectivity index is 1.68. The van der Waals surface area contributed by atoms with E-state index in [2.05, 4.69) is 10.7 Å². The highest BCUT2D eigenvalue weighted by atomic mass is 32.2. The molecular weight excluding hydrogens is 424 g/mol. The molecule has 0 atom stereocenters. The molecule has 13 heteroatoms. The van der Waals surface area contributed by atoms with E-state index < -0.39 is 33.1 Å². The maximum absolute atomic E-state index is 12.3. The van der Waals surface area contributed by atoms with Crippen molar-refractivity contribution in [3.05, 3.63) is 67.0 Å². The minimum absolute atomic E-state index is 0.0291. The van der Waals surface area contributed by atoms with Crippen LogP contribution >= 0.6 is 11.3 Å². The zero-order chi connectivity index (χ0) is 21.3. The number of carboxylic acid groups (broad SMARTS) is 1. The first kappa shape index (κ1) is 20.3. The fourth-order valence-electron chi connectivity index (χ4n) is 2.35. The number of hydrogen-bond donors (Lipinski definition) is 4. The second-order valence-corrected chi connectivity index (χ2v) is 8.66. The Morgan fingerprint density at radius 2 is 1.83 bits per heavy atom. The van der Waals surface area contributed by atoms with E-state index in [-0.39, 0.29) is 22.0 Å². The Morgan fingerprint density at radius 3 is 2.41 bits per heavy atom. The number of aromatic carboxylic acids is 1. The van der Waals surface area contributed by atoms with Crippen LogP contribution in [-0.4, -0.2) is 30.2 Å². The van der Waals surface area contributed by atoms with Gasteiger partial charge in [-0.25, -0.2) is 22.7 Å². The lowest BCUT2D eigenvalue weighted by Crippen LogP contribution is -2.39. The smallest absolute Gasteiger partial charge is 0.340 e. The molecule has 0 aliphatic carbocycles. The molecule has 152 valence electrons. The third-order valence-corrected chi connectivity index (χ3v) is 6.33. The summed E-state index contributed by atoms with van der Waals surface area (Å²) in [6.45, 7) is 1.41. The molecule has 1 aromatic carbocycles. The number of benzene rings is 1. The Hall–Kier alpha value is -3.45. The molecule has 2 heterocycles. The number of aryl methyl sites for hydroxylation is 1. The number of carbonyl (C=O) groups excluding carboxylic acids is 1. The van der Waals surface area contributed by atoms with Crippen LogP contribution in [0.2, 0.25) is 0 Å². The van der Waals surface area contributed by atoms with E-state index in [1.807, 2.05) is 4.72 Å². The number of rotatable bonds is 7. The SMILES string of the molecule is Cc1ccccc1S(=O)(=O)NC(=O)NCc1cc(C(=O)O)c(Nn2c(=O)c2=O)s1. The van der Waals surface area contributed by atoms with Crippen LogP contribution in [0.3, 0.4) is 0 Å². The van der Waals surface area contributed by atoms with Crippen LogP contribution in [0.25, 0.3) is 0 Å². The number of nitrogens with one attached hydrogen (secondary N) is 3. The van der Waals surface area contributed by atoms with E-state index >= 15 is 0 Å². The Bertz CT molecular complexity index is 1260. The van der Waals surface area contributed by atoms with Gasteiger partial charge < -0.3 is 10.4 Å². The molecule has 0 saturated heterocycles. The average molecular weight is 438 g/mol. The second kappa shape index (κ2) is 7.52. The summed E-state index contributed by atoms with van der Waals surface area (Å²) >= 11 is 0.889. The fraction of sp³-hybridized carbons (Fsp3) is 0.125. The van der Waals surface area contributed by atoms with Gasteiger partial charge in [-0.05, 0) is 24.6 Å². The number of aromatic nitrogens is 1. The van der Waals surface area contributed by atoms with E-state index in [9.17, 15) is 32.7 Å². The number of nitrogens with zero attached hydrogens (tertiary/aromatic N) is 1. The fourth-order valence-corrected chi connectivity index (χ4v) is 4.50. The van der Waals surface area contributed by atoms with Crippen LogP contribution in [0, 0.1) is 6.92 Å². The van der Waals surface area contributed by atoms with E-state index in [4.69, 9.17) is 0 Å². The lowest BCUT2D eigenvalue weighted by atomic mass is 10.2. The second-order valence-electron chi connectivity index (χ2n) is 5.87. The Morgan fingerprint density at radius 1 is 1.17 bits per heavy atom. The molecule has 4 N–H and O–H groups in total. The van der Waals surface area contributed by atoms with Crippen LogP contribution in [0.15, 0.2) is 44.8 Å². The zero-order valence-electron chi connectivity index (χ0n) is 14.8. The van der Waals surface area contributed by atoms with Gasteiger partial charge in [0.25, 0.3) is 10.0 Å². The van der Waals surface area contributed by atoms with E-state index in [1.54, 1.807) is 19.1 Å². The van der Waals surface area contributed by atoms with Crippen molar-refractivity contribution in [1.29, 1.82) is 0 Å². The maximum Gasteiger partial charge on any atom is 0.340 e. The average Bonchev–Trinajstić information content (AvgIpc) is 3.04. The van der Waals surface area contributed by atoms with Crippen LogP contribution in [-0.2, 0) is 16.6 Å². The molecule has 3 aromatic rings. The highest BCUT2D eigenvalue weighted by Gasteiger charge is 2.23. The molecule has 0 aliphatic rings. The molecule has 29 heavy (non-hydrogen) atoms. The van der Waals surface area contributed by atoms with Gasteiger partial charge in [0.15, 0.2) is 0 Å². The predicted octanol–water partition coefficient (Wildman–Crippen LogP) is 0.216. The van der Waals surface area contributed by atoms with Crippen LogP contribution in [0.5, 0.6) is 0 Å². The van der Waals surface area contributed by atoms with Crippen molar-refractivity contribution in [2.45, 2.75) is 18.4 Å². The maximum atomic E-state index is 12.3. The highest BCUT2D eigenvalue weighted by Crippen LogP contribution is 2.28. The third kappa shape index (κ3) is 4.35. The summed E-state index contributed by atoms with van der Waals surface area (Å²) in [6.07, 6.45) is 0. The van der Waals surface area contributed by atoms with Gasteiger partial charge >= 0.3 is 23.1 Å². The highest BCUT2D eigenvalue weighted by molar-refractivity contribution is 7.90. The molecule has 0 spiro atoms. The first-order valence-electron chi connectivity index (χ1n) is 7.97. The standard InChI is InChI=1S/C16H14N4O7S2/c1-8-4-2-3-5-11(8)29(26,27)19-16(25)17-7-9-6-10(15(23)24)12(28-9)18-20-13(21)14(20)22/h2-6,18H,7H2,1H3,(H,23,24)(H2,17,19,25). The summed E-state index contributed by atoms with van der Waals surface area (Å²) in [4.78, 5) is 45.7. The molecule has 0 saturated carbocycles. The van der Waals surface area contributed by atoms with Crippen molar-refractivity contribution in [2.75, 3.05) is 5.43 Å². The van der Waals surface area contributed by atoms with E-state index in [1.165, 1.54) is 18.2 Å². The van der Waals surface area contributed by atoms with Crippen LogP contribution < -0.4 is 26.6 Å². The van der Waals surface area contributed by atoms with Crippen molar-refractivity contribution in [1.82, 2.24) is 14.7 Å². The molecule has 2 amide bonds. The summed E-state index contributed by atoms with van der Waals surface area (Å²) in [7, 11) is -4.08. The lowest BCUT2D eigenvalue weighted by Gasteiger charge is -2.09. The summed E-state index contributed by atoms with van der Waals surface area (Å²) in [5.41, 5.74) is 1.06. The number of sulfonamides is 1. The number of anilines is 1. The van der Waals surface area contributed by atoms with Crippen molar-refractivity contribution in [2.24, 2.45) is 0 Å². The number of amides is 2. The summed E-state index contributed by atoms with van der Waals surface area (Å²) in [6, 6.07) is 6.38. The summed E-state index contributed by atoms with van der Waals surface area (Å²) in [5, 5.41) is 11.6. The van der Waals surface area contributed by atoms with Gasteiger partial charge in [0.05, 0.1) is 17.0 Å². The minimum atomic E-state index is -4.08. The number of carboxylic acids is 1. The van der Waals surface area contributed by atoms with Crippen molar-refractivity contribution in [3.8, 4) is 0 Å². The largest absolute Gasteiger partial charge is 0.478 e. The van der Waals surface area contributed by atoms with Gasteiger partial charge in [0, 0.05) is 4.88 Å². The van der Waals surface area contributed by atoms with Gasteiger partial charge in [-0.1, -0.05) is 18.2 Å². The zero-order valence-corrected chi connectivity index (χ0v) is 16.4. The van der Waals surface area contributed by atoms with Crippen molar-refractivity contribution < 1.29 is 23.1 Å². The van der Waals surface area contributed by atoms with Crippen molar-refractivity contribution >= 4 is 38.4 Å². The summed E-state index contributed by atoms with van der Waals surface area (Å²) in [5.74, 6) is -1.30. The number of urea groups is 1. The molecule has 0 fully saturated rings. The number of hydrogen-bond acceptors (Lipinski definition) is 8. The first-order chi connectivity index (χ1) is 13.6. The molecular formula is C16H14N4O7S2. The van der Waals surface area contributed by atoms with E-state index in [0.29, 0.717) is 15.1 Å². The van der Waals surface area contributed by atoms with Gasteiger partial charge in [0.2, 0.25) is 0 Å². The van der Waals surface area contributed by atoms with Gasteiger partial charge in [-0.3, -0.25) is 15.0 Å². The van der Waals surface area contributed by atoms with Gasteiger partial charge in [0.1, 0.15) is 5.00 Å². The molecule has 3 rings (SSSR count). The topological polar surface area (TPSA) is 164 Å². The molecule has 11 nitrogen and oxygen atoms in total. The Labute approximate surface area is 167 Å². The third-order valence-electron chi connectivity index (χ3n) is 3.80. The minimum Gasteiger partial charge on any atom is -0.478 e. The molecule has 2 aromatic heterocycles. The van der Waals surface area contributed by atoms with Gasteiger partial charge in [-0.2, -0.15) is 4.68 Å². The molecule has 0 aliphatic heterocycles. The summed E-state index contributed by atoms with van der Waals surface area (Å²) < 4.78 is 27.1. The normalized spacial score (nSPS) is 11.3. The molecule has 0 unspecified atom stereocenters. The number of carbonyl (C=O) groups is 2. The number of thiophene rings is 1. The van der Waals surface area contributed by atoms with E-state index in [0.717, 1.165) is 11.3 Å². The quantitative estimate of drug-likeness (QED) is 0.380. The first-order valence-corrected chi connectivity index (χ1v) is 10.3. The van der Waals surface area contributed by atoms with Crippen LogP contribution in [0.1, 0.15) is 20.8 Å². The van der Waals surface area contributed by atoms with Crippen molar-refractivity contribution in [3.63, 3.8) is 0 Å². The monoisotopic (exact) mass is 438 g/mol. The molecule has 0 bridgehead atoms. The van der Waals surface area contributed by atoms with Crippen LogP contribution in [0.4, 0.5) is 9.80 Å². The predicted molar refractivity (Wildman–Crippen MR) is 103 cm³/mol. The van der Waals surface area contributed by atoms with Gasteiger partial charge in [-0.15, -0.1) is 11.3 Å². The Kier molecular flexibility index (Phi) is 5.26. The lowest BCUT2D eigenvalue weighted by molar-refractivity contribution is 0.0698. The molecule has 0 radical (unpaired) electrons.